The molecule has 0 atom stereocenters. The summed E-state index contributed by atoms with van der Waals surface area (Å²) in [5.41, 5.74) is 5.98. The number of aromatic carboxylic acids is 1. The first kappa shape index (κ1) is 40.3. The SMILES string of the molecule is COC(=O)c1cccc(Br)c1C.COC(=O)c1cccc(Br)c1CBr.Cc1c(Br)cccc1C(=O)O.O=C1NCc2c(Br)cccc21. The van der Waals surface area contributed by atoms with E-state index in [2.05, 4.69) is 94.4 Å². The number of carboxylic acid groups (broad SMARTS) is 1. The Morgan fingerprint density at radius 2 is 1.15 bits per heavy atom. The first-order valence-electron chi connectivity index (χ1n) is 13.6. The highest BCUT2D eigenvalue weighted by Gasteiger charge is 2.19. The Hall–Kier alpha value is -2.84. The lowest BCUT2D eigenvalue weighted by Gasteiger charge is -2.06. The summed E-state index contributed by atoms with van der Waals surface area (Å²) in [7, 11) is 2.75. The number of hydrogen-bond donors (Lipinski definition) is 2. The van der Waals surface area contributed by atoms with Gasteiger partial charge in [-0.1, -0.05) is 104 Å². The summed E-state index contributed by atoms with van der Waals surface area (Å²) in [5.74, 6) is -1.46. The van der Waals surface area contributed by atoms with Crippen LogP contribution in [0.15, 0.2) is 90.7 Å². The van der Waals surface area contributed by atoms with E-state index in [0.717, 1.165) is 45.7 Å². The van der Waals surface area contributed by atoms with Crippen LogP contribution in [0.5, 0.6) is 0 Å². The smallest absolute Gasteiger partial charge is 0.338 e. The van der Waals surface area contributed by atoms with Gasteiger partial charge in [-0.2, -0.15) is 0 Å². The monoisotopic (exact) mass is 959 g/mol. The summed E-state index contributed by atoms with van der Waals surface area (Å²) in [6.07, 6.45) is 0. The van der Waals surface area contributed by atoms with Crippen molar-refractivity contribution in [3.63, 3.8) is 0 Å². The number of carboxylic acids is 1. The average Bonchev–Trinajstić information content (AvgIpc) is 3.45. The topological polar surface area (TPSA) is 119 Å². The first-order valence-corrected chi connectivity index (χ1v) is 17.9. The Balaban J connectivity index is 0.000000218. The number of benzene rings is 4. The van der Waals surface area contributed by atoms with E-state index in [1.807, 2.05) is 55.5 Å². The third-order valence-electron chi connectivity index (χ3n) is 6.62. The molecule has 0 fully saturated rings. The minimum Gasteiger partial charge on any atom is -0.478 e. The lowest BCUT2D eigenvalue weighted by atomic mass is 10.1. The van der Waals surface area contributed by atoms with Gasteiger partial charge in [0.1, 0.15) is 0 Å². The first-order chi connectivity index (χ1) is 22.3. The average molecular weight is 964 g/mol. The predicted octanol–water partition coefficient (Wildman–Crippen LogP) is 9.82. The molecule has 47 heavy (non-hydrogen) atoms. The van der Waals surface area contributed by atoms with Gasteiger partial charge in [0.05, 0.1) is 30.9 Å². The van der Waals surface area contributed by atoms with Gasteiger partial charge >= 0.3 is 17.9 Å². The Bertz CT molecular complexity index is 1760. The van der Waals surface area contributed by atoms with Crippen molar-refractivity contribution >= 4 is 103 Å². The third kappa shape index (κ3) is 11.4. The fourth-order valence-corrected chi connectivity index (χ4v) is 6.71. The summed E-state index contributed by atoms with van der Waals surface area (Å²) < 4.78 is 12.9. The fourth-order valence-electron chi connectivity index (χ4n) is 3.99. The number of esters is 2. The number of ether oxygens (including phenoxy) is 2. The molecule has 4 aromatic carbocycles. The van der Waals surface area contributed by atoms with Gasteiger partial charge in [-0.05, 0) is 84.6 Å². The van der Waals surface area contributed by atoms with Crippen LogP contribution in [0.4, 0.5) is 0 Å². The van der Waals surface area contributed by atoms with Gasteiger partial charge in [0, 0.05) is 35.3 Å². The molecular weight excluding hydrogens is 934 g/mol. The van der Waals surface area contributed by atoms with Crippen LogP contribution in [0.25, 0.3) is 0 Å². The highest BCUT2D eigenvalue weighted by atomic mass is 79.9. The van der Waals surface area contributed by atoms with Gasteiger partial charge in [0.25, 0.3) is 5.91 Å². The number of fused-ring (bicyclic) bond motifs is 1. The lowest BCUT2D eigenvalue weighted by Crippen LogP contribution is -2.12. The molecule has 0 radical (unpaired) electrons. The van der Waals surface area contributed by atoms with Crippen LogP contribution in [0, 0.1) is 13.8 Å². The van der Waals surface area contributed by atoms with Crippen LogP contribution in [-0.4, -0.2) is 43.1 Å². The van der Waals surface area contributed by atoms with Crippen molar-refractivity contribution in [2.75, 3.05) is 14.2 Å². The van der Waals surface area contributed by atoms with Crippen LogP contribution in [0.1, 0.15) is 63.7 Å². The predicted molar refractivity (Wildman–Crippen MR) is 199 cm³/mol. The quantitative estimate of drug-likeness (QED) is 0.155. The molecule has 0 spiro atoms. The van der Waals surface area contributed by atoms with E-state index in [9.17, 15) is 19.2 Å². The van der Waals surface area contributed by atoms with Gasteiger partial charge < -0.3 is 19.9 Å². The zero-order chi connectivity index (χ0) is 35.3. The second-order valence-corrected chi connectivity index (χ2v) is 13.4. The molecule has 2 N–H and O–H groups in total. The van der Waals surface area contributed by atoms with E-state index in [-0.39, 0.29) is 17.8 Å². The molecule has 0 unspecified atom stereocenters. The van der Waals surface area contributed by atoms with E-state index in [4.69, 9.17) is 5.11 Å². The standard InChI is InChI=1S/C9H8Br2O2.C9H9BrO2.C8H6BrNO.C8H7BrO2/c1-13-9(12)6-3-2-4-8(11)7(6)5-10;1-6-7(9(11)12-2)4-3-5-8(6)10;9-7-3-1-2-5-6(7)4-10-8(5)11;1-5-6(8(10)11)3-2-4-7(5)9/h2-4H,5H2,1H3;3-5H,1-2H3;1-3H,4H2,(H,10,11);2-4H,1H3,(H,10,11). The normalized spacial score (nSPS) is 10.8. The Morgan fingerprint density at radius 1 is 0.702 bits per heavy atom. The van der Waals surface area contributed by atoms with Gasteiger partial charge in [-0.3, -0.25) is 4.79 Å². The molecule has 13 heteroatoms. The van der Waals surface area contributed by atoms with Crippen LogP contribution in [0.2, 0.25) is 0 Å². The molecule has 1 aliphatic heterocycles. The summed E-state index contributed by atoms with van der Waals surface area (Å²) >= 11 is 16.7. The minimum atomic E-state index is -0.885. The number of halogens is 5. The largest absolute Gasteiger partial charge is 0.478 e. The van der Waals surface area contributed by atoms with Crippen LogP contribution in [-0.2, 0) is 21.3 Å². The van der Waals surface area contributed by atoms with Crippen LogP contribution in [0.3, 0.4) is 0 Å². The van der Waals surface area contributed by atoms with Gasteiger partial charge in [0.15, 0.2) is 0 Å². The molecule has 8 nitrogen and oxygen atoms in total. The van der Waals surface area contributed by atoms with Crippen molar-refractivity contribution in [1.29, 1.82) is 0 Å². The van der Waals surface area contributed by atoms with Crippen molar-refractivity contribution in [2.24, 2.45) is 0 Å². The molecule has 5 rings (SSSR count). The third-order valence-corrected chi connectivity index (χ3v) is 10.4. The van der Waals surface area contributed by atoms with Gasteiger partial charge in [-0.15, -0.1) is 0 Å². The Labute approximate surface area is 315 Å². The molecule has 4 aromatic rings. The molecule has 0 saturated carbocycles. The molecule has 1 heterocycles. The maximum atomic E-state index is 11.3. The Morgan fingerprint density at radius 3 is 1.64 bits per heavy atom. The number of alkyl halides is 1. The zero-order valence-corrected chi connectivity index (χ0v) is 33.6. The molecule has 1 amide bonds. The summed E-state index contributed by atoms with van der Waals surface area (Å²) in [4.78, 5) is 44.1. The molecule has 0 bridgehead atoms. The lowest BCUT2D eigenvalue weighted by molar-refractivity contribution is 0.0590. The molecule has 0 aromatic heterocycles. The summed E-state index contributed by atoms with van der Waals surface area (Å²) in [6, 6.07) is 21.6. The van der Waals surface area contributed by atoms with Crippen molar-refractivity contribution in [3.05, 3.63) is 135 Å². The van der Waals surface area contributed by atoms with Crippen molar-refractivity contribution in [3.8, 4) is 0 Å². The van der Waals surface area contributed by atoms with E-state index in [0.29, 0.717) is 28.6 Å². The highest BCUT2D eigenvalue weighted by Crippen LogP contribution is 2.25. The number of nitrogens with one attached hydrogen (secondary N) is 1. The summed E-state index contributed by atoms with van der Waals surface area (Å²) in [6.45, 7) is 4.29. The van der Waals surface area contributed by atoms with Gasteiger partial charge in [0.2, 0.25) is 0 Å². The van der Waals surface area contributed by atoms with Crippen molar-refractivity contribution < 1.29 is 33.8 Å². The number of hydrogen-bond acceptors (Lipinski definition) is 6. The fraction of sp³-hybridized carbons (Fsp3) is 0.176. The number of carbonyl (C=O) groups excluding carboxylic acids is 3. The second kappa shape index (κ2) is 19.9. The number of amides is 1. The number of methoxy groups -OCH3 is 2. The molecular formula is C34H30Br5NO7. The maximum Gasteiger partial charge on any atom is 0.338 e. The molecule has 0 aliphatic carbocycles. The second-order valence-electron chi connectivity index (χ2n) is 9.46. The minimum absolute atomic E-state index is 0.0290. The van der Waals surface area contributed by atoms with Crippen LogP contribution < -0.4 is 5.32 Å². The van der Waals surface area contributed by atoms with Crippen LogP contribution >= 0.6 is 79.6 Å². The van der Waals surface area contributed by atoms with Gasteiger partial charge in [-0.25, -0.2) is 14.4 Å². The highest BCUT2D eigenvalue weighted by molar-refractivity contribution is 9.11. The number of carbonyl (C=O) groups is 4. The van der Waals surface area contributed by atoms with Crippen molar-refractivity contribution in [1.82, 2.24) is 5.32 Å². The van der Waals surface area contributed by atoms with E-state index in [1.165, 1.54) is 14.2 Å². The zero-order valence-electron chi connectivity index (χ0n) is 25.6. The maximum absolute atomic E-state index is 11.3. The summed E-state index contributed by atoms with van der Waals surface area (Å²) in [5, 5.41) is 12.0. The molecule has 248 valence electrons. The van der Waals surface area contributed by atoms with Crippen molar-refractivity contribution in [2.45, 2.75) is 25.7 Å². The molecule has 1 aliphatic rings. The van der Waals surface area contributed by atoms with E-state index < -0.39 is 5.97 Å². The molecule has 0 saturated heterocycles. The number of rotatable bonds is 4. The van der Waals surface area contributed by atoms with E-state index in [1.54, 1.807) is 31.2 Å². The Kier molecular flexibility index (Phi) is 17.0. The van der Waals surface area contributed by atoms with E-state index >= 15 is 0 Å².